The molecule has 0 saturated heterocycles. The number of nitrogens with zero attached hydrogens (tertiary/aromatic N) is 2. The fraction of sp³-hybridized carbons (Fsp3) is 0.125. The van der Waals surface area contributed by atoms with Crippen LogP contribution in [-0.4, -0.2) is 27.4 Å². The molecule has 0 bridgehead atoms. The van der Waals surface area contributed by atoms with Crippen molar-refractivity contribution in [2.24, 2.45) is 0 Å². The van der Waals surface area contributed by atoms with Crippen molar-refractivity contribution in [2.75, 3.05) is 0 Å². The summed E-state index contributed by atoms with van der Waals surface area (Å²) >= 11 is 0. The van der Waals surface area contributed by atoms with Crippen LogP contribution in [0, 0.1) is 0 Å². The van der Waals surface area contributed by atoms with Crippen molar-refractivity contribution < 1.29 is 14.5 Å². The van der Waals surface area contributed by atoms with Crippen molar-refractivity contribution in [3.05, 3.63) is 66.1 Å². The minimum Gasteiger partial charge on any atom is -0.423 e. The summed E-state index contributed by atoms with van der Waals surface area (Å²) in [6.07, 6.45) is 1.45. The maximum atomic E-state index is 9.39. The van der Waals surface area contributed by atoms with Crippen LogP contribution in [0.2, 0.25) is 0 Å². The third-order valence-electron chi connectivity index (χ3n) is 3.41. The van der Waals surface area contributed by atoms with Gasteiger partial charge in [-0.2, -0.15) is 0 Å². The van der Waals surface area contributed by atoms with E-state index >= 15 is 0 Å². The number of rotatable bonds is 5. The fourth-order valence-electron chi connectivity index (χ4n) is 2.28. The Morgan fingerprint density at radius 1 is 0.864 bits per heavy atom. The van der Waals surface area contributed by atoms with Crippen LogP contribution >= 0.6 is 0 Å². The van der Waals surface area contributed by atoms with Crippen molar-refractivity contribution in [1.82, 2.24) is 10.2 Å². The number of benzene rings is 2. The van der Waals surface area contributed by atoms with Crippen molar-refractivity contribution in [3.63, 3.8) is 0 Å². The molecule has 0 atom stereocenters. The minimum atomic E-state index is -1.57. The third-order valence-corrected chi connectivity index (χ3v) is 3.41. The Morgan fingerprint density at radius 2 is 1.59 bits per heavy atom. The summed E-state index contributed by atoms with van der Waals surface area (Å²) in [4.78, 5) is 0. The van der Waals surface area contributed by atoms with Crippen LogP contribution in [0.15, 0.2) is 59.0 Å². The molecule has 0 unspecified atom stereocenters. The van der Waals surface area contributed by atoms with Crippen LogP contribution in [-0.2, 0) is 12.8 Å². The Balaban J connectivity index is 1.77. The number of aryl methyl sites for hydroxylation is 2. The monoisotopic (exact) mass is 294 g/mol. The van der Waals surface area contributed by atoms with Gasteiger partial charge in [0, 0.05) is 12.0 Å². The smallest absolute Gasteiger partial charge is 0.423 e. The van der Waals surface area contributed by atoms with Crippen LogP contribution in [0.1, 0.15) is 11.5 Å². The van der Waals surface area contributed by atoms with E-state index in [0.717, 1.165) is 6.42 Å². The first-order valence-corrected chi connectivity index (χ1v) is 7.06. The standard InChI is InChI=1S/C16H15BN2O3/c20-17(21)14-9-5-4-8-13(14)16-19-18-15(22-16)11-10-12-6-2-1-3-7-12/h1-9,20-21H,10-11H2. The quantitative estimate of drug-likeness (QED) is 0.691. The van der Waals surface area contributed by atoms with Gasteiger partial charge in [-0.05, 0) is 23.5 Å². The highest BCUT2D eigenvalue weighted by molar-refractivity contribution is 6.60. The second-order valence-electron chi connectivity index (χ2n) is 4.95. The van der Waals surface area contributed by atoms with Crippen molar-refractivity contribution in [3.8, 4) is 11.5 Å². The van der Waals surface area contributed by atoms with E-state index < -0.39 is 7.12 Å². The van der Waals surface area contributed by atoms with E-state index in [1.807, 2.05) is 18.2 Å². The molecule has 22 heavy (non-hydrogen) atoms. The number of hydrogen-bond donors (Lipinski definition) is 2. The second kappa shape index (κ2) is 6.55. The SMILES string of the molecule is OB(O)c1ccccc1-c1nnc(CCc2ccccc2)o1. The largest absolute Gasteiger partial charge is 0.489 e. The molecule has 0 aliphatic carbocycles. The number of hydrogen-bond acceptors (Lipinski definition) is 5. The molecule has 3 aromatic rings. The normalized spacial score (nSPS) is 10.6. The van der Waals surface area contributed by atoms with Gasteiger partial charge in [-0.25, -0.2) is 0 Å². The first-order valence-electron chi connectivity index (χ1n) is 7.06. The predicted octanol–water partition coefficient (Wildman–Crippen LogP) is 1.20. The molecule has 0 spiro atoms. The molecule has 2 aromatic carbocycles. The summed E-state index contributed by atoms with van der Waals surface area (Å²) < 4.78 is 5.64. The average molecular weight is 294 g/mol. The maximum absolute atomic E-state index is 9.39. The van der Waals surface area contributed by atoms with E-state index in [9.17, 15) is 10.0 Å². The lowest BCUT2D eigenvalue weighted by Gasteiger charge is -2.03. The van der Waals surface area contributed by atoms with E-state index in [1.165, 1.54) is 5.56 Å². The molecular weight excluding hydrogens is 279 g/mol. The molecule has 0 saturated carbocycles. The molecule has 6 heteroatoms. The van der Waals surface area contributed by atoms with E-state index in [2.05, 4.69) is 22.3 Å². The molecule has 1 heterocycles. The highest BCUT2D eigenvalue weighted by Gasteiger charge is 2.19. The first kappa shape index (κ1) is 14.5. The Kier molecular flexibility index (Phi) is 4.32. The molecular formula is C16H15BN2O3. The zero-order valence-corrected chi connectivity index (χ0v) is 11.9. The van der Waals surface area contributed by atoms with Gasteiger partial charge in [-0.1, -0.05) is 48.5 Å². The topological polar surface area (TPSA) is 79.4 Å². The van der Waals surface area contributed by atoms with Gasteiger partial charge in [0.15, 0.2) is 0 Å². The molecule has 110 valence electrons. The van der Waals surface area contributed by atoms with Gasteiger partial charge in [0.05, 0.1) is 0 Å². The first-order chi connectivity index (χ1) is 10.7. The fourth-order valence-corrected chi connectivity index (χ4v) is 2.28. The zero-order chi connectivity index (χ0) is 15.4. The van der Waals surface area contributed by atoms with Crippen LogP contribution in [0.25, 0.3) is 11.5 Å². The minimum absolute atomic E-state index is 0.298. The lowest BCUT2D eigenvalue weighted by Crippen LogP contribution is -2.31. The van der Waals surface area contributed by atoms with E-state index in [0.29, 0.717) is 29.2 Å². The third kappa shape index (κ3) is 3.24. The van der Waals surface area contributed by atoms with Gasteiger partial charge >= 0.3 is 7.12 Å². The highest BCUT2D eigenvalue weighted by atomic mass is 16.4. The van der Waals surface area contributed by atoms with Gasteiger partial charge < -0.3 is 14.5 Å². The lowest BCUT2D eigenvalue weighted by molar-refractivity contribution is 0.425. The summed E-state index contributed by atoms with van der Waals surface area (Å²) in [5.74, 6) is 0.827. The Morgan fingerprint density at radius 3 is 2.36 bits per heavy atom. The van der Waals surface area contributed by atoms with Crippen molar-refractivity contribution >= 4 is 12.6 Å². The summed E-state index contributed by atoms with van der Waals surface area (Å²) in [6.45, 7) is 0. The van der Waals surface area contributed by atoms with Crippen LogP contribution in [0.5, 0.6) is 0 Å². The molecule has 1 aromatic heterocycles. The number of aromatic nitrogens is 2. The van der Waals surface area contributed by atoms with Gasteiger partial charge in [0.1, 0.15) is 0 Å². The molecule has 0 aliphatic rings. The van der Waals surface area contributed by atoms with E-state index in [1.54, 1.807) is 24.3 Å². The molecule has 0 radical (unpaired) electrons. The Labute approximate surface area is 128 Å². The predicted molar refractivity (Wildman–Crippen MR) is 83.4 cm³/mol. The molecule has 5 nitrogen and oxygen atoms in total. The summed E-state index contributed by atoms with van der Waals surface area (Å²) in [5, 5.41) is 26.8. The van der Waals surface area contributed by atoms with Crippen LogP contribution in [0.3, 0.4) is 0 Å². The average Bonchev–Trinajstić information content (AvgIpc) is 3.03. The molecule has 2 N–H and O–H groups in total. The van der Waals surface area contributed by atoms with Gasteiger partial charge in [-0.3, -0.25) is 0 Å². The zero-order valence-electron chi connectivity index (χ0n) is 11.9. The summed E-state index contributed by atoms with van der Waals surface area (Å²) in [7, 11) is -1.57. The highest BCUT2D eigenvalue weighted by Crippen LogP contribution is 2.17. The molecule has 3 rings (SSSR count). The maximum Gasteiger partial charge on any atom is 0.489 e. The summed E-state index contributed by atoms with van der Waals surface area (Å²) in [5.41, 5.74) is 2.09. The molecule has 0 fully saturated rings. The Bertz CT molecular complexity index is 744. The lowest BCUT2D eigenvalue weighted by atomic mass is 9.77. The van der Waals surface area contributed by atoms with Crippen LogP contribution < -0.4 is 5.46 Å². The second-order valence-corrected chi connectivity index (χ2v) is 4.95. The van der Waals surface area contributed by atoms with Gasteiger partial charge in [-0.15, -0.1) is 10.2 Å². The van der Waals surface area contributed by atoms with Gasteiger partial charge in [0.2, 0.25) is 11.8 Å². The van der Waals surface area contributed by atoms with Crippen molar-refractivity contribution in [2.45, 2.75) is 12.8 Å². The van der Waals surface area contributed by atoms with Crippen molar-refractivity contribution in [1.29, 1.82) is 0 Å². The summed E-state index contributed by atoms with van der Waals surface area (Å²) in [6, 6.07) is 16.9. The van der Waals surface area contributed by atoms with E-state index in [4.69, 9.17) is 4.42 Å². The molecule has 0 amide bonds. The van der Waals surface area contributed by atoms with E-state index in [-0.39, 0.29) is 0 Å². The Hall–Kier alpha value is -2.44. The van der Waals surface area contributed by atoms with Crippen LogP contribution in [0.4, 0.5) is 0 Å². The molecule has 0 aliphatic heterocycles. The van der Waals surface area contributed by atoms with Gasteiger partial charge in [0.25, 0.3) is 0 Å².